The van der Waals surface area contributed by atoms with Crippen LogP contribution in [0, 0.1) is 11.3 Å². The van der Waals surface area contributed by atoms with Gasteiger partial charge in [-0.3, -0.25) is 0 Å². The number of hydrogen-bond acceptors (Lipinski definition) is 1. The van der Waals surface area contributed by atoms with Crippen molar-refractivity contribution in [3.05, 3.63) is 326 Å². The van der Waals surface area contributed by atoms with E-state index in [4.69, 9.17) is 16.4 Å². The number of hydrogen-bond donors (Lipinski definition) is 0. The largest absolute Gasteiger partial charge is 0.306 e. The Bertz CT molecular complexity index is 7730. The second-order valence-electron chi connectivity index (χ2n) is 20.8. The molecule has 0 radical (unpaired) electrons. The predicted octanol–water partition coefficient (Wildman–Crippen LogP) is 22.3. The van der Waals surface area contributed by atoms with Gasteiger partial charge in [-0.1, -0.05) is 248 Å². The highest BCUT2D eigenvalue weighted by molar-refractivity contribution is 6.18. The van der Waals surface area contributed by atoms with Crippen LogP contribution < -0.4 is 0 Å². The zero-order valence-corrected chi connectivity index (χ0v) is 46.2. The number of nitrogens with zero attached hydrogens (tertiary/aromatic N) is 5. The van der Waals surface area contributed by atoms with E-state index in [-0.39, 0.29) is 38.5 Å². The summed E-state index contributed by atoms with van der Waals surface area (Å²) in [6.45, 7) is 0. The molecule has 18 aromatic rings. The minimum atomic E-state index is -1.14. The van der Waals surface area contributed by atoms with E-state index in [0.29, 0.717) is 21.5 Å². The molecular formula is C85H53N5. The number of benzene rings is 14. The van der Waals surface area contributed by atoms with Gasteiger partial charge in [0.1, 0.15) is 11.6 Å². The second-order valence-corrected chi connectivity index (χ2v) is 20.8. The van der Waals surface area contributed by atoms with Crippen molar-refractivity contribution in [2.75, 3.05) is 0 Å². The molecule has 0 saturated carbocycles. The Labute approximate surface area is 567 Å². The lowest BCUT2D eigenvalue weighted by Crippen LogP contribution is -2.16. The lowest BCUT2D eigenvalue weighted by atomic mass is 9.93. The van der Waals surface area contributed by atoms with Crippen molar-refractivity contribution in [1.29, 1.82) is 5.26 Å². The minimum absolute atomic E-state index is 0.173. The molecule has 0 aliphatic heterocycles. The van der Waals surface area contributed by atoms with Crippen LogP contribution in [0.3, 0.4) is 0 Å². The van der Waals surface area contributed by atoms with E-state index in [9.17, 15) is 35.4 Å². The topological polar surface area (TPSA) is 43.5 Å². The van der Waals surface area contributed by atoms with Gasteiger partial charge in [-0.15, -0.1) is 0 Å². The molecule has 5 heteroatoms. The van der Waals surface area contributed by atoms with Crippen LogP contribution in [0.25, 0.3) is 166 Å². The summed E-state index contributed by atoms with van der Waals surface area (Å²) in [7, 11) is 0. The van der Waals surface area contributed by atoms with Gasteiger partial charge in [0.15, 0.2) is 0 Å². The molecule has 4 heterocycles. The van der Waals surface area contributed by atoms with Gasteiger partial charge in [-0.25, -0.2) is 0 Å². The van der Waals surface area contributed by atoms with Crippen molar-refractivity contribution >= 4 is 87.2 Å². The molecule has 4 aromatic heterocycles. The number of fused-ring (bicyclic) bond motifs is 12. The van der Waals surface area contributed by atoms with Crippen LogP contribution in [0.4, 0.5) is 0 Å². The van der Waals surface area contributed by atoms with Crippen LogP contribution in [-0.4, -0.2) is 18.3 Å². The van der Waals surface area contributed by atoms with E-state index in [1.54, 1.807) is 102 Å². The molecule has 0 aliphatic rings. The lowest BCUT2D eigenvalue weighted by molar-refractivity contribution is 1.04. The average Bonchev–Trinajstić information content (AvgIpc) is 1.31. The molecule has 0 atom stereocenters. The molecule has 18 rings (SSSR count). The van der Waals surface area contributed by atoms with Crippen LogP contribution >= 0.6 is 0 Å². The highest BCUT2D eigenvalue weighted by atomic mass is 15.1. The minimum Gasteiger partial charge on any atom is -0.306 e. The highest BCUT2D eigenvalue weighted by Gasteiger charge is 2.35. The van der Waals surface area contributed by atoms with Crippen LogP contribution in [-0.2, 0) is 0 Å². The SMILES string of the molecule is [2H]c1c([2H])c([2H])c(-c2ccc3c(c2)c2c([2H])c(-c4c([2H])c([2H])c([2H])c([2H])c4[2H])c([2H])c([2H])c2n3-c2c(-c3c([2H])c([2H])c([2H])c([2H])c3[2H])c(-n3c4c([2H])c([2H])c(-c5c([2H])c([2H])c([2H])c([2H])c5[2H])c([2H])c4c4c([2H])c(-c5c([2H])c([2H])c([2H])c([2H])c5[2H])c([2H])c([2H])c43)c(-n3c4ccccc4c4ccccc43)c(C#N)c2-n2c3ccccc3c3ccccc32)c([2H])c1[2H]. The maximum Gasteiger partial charge on any atom is 0.104 e. The molecule has 90 heavy (non-hydrogen) atoms. The van der Waals surface area contributed by atoms with Crippen molar-refractivity contribution in [2.24, 2.45) is 0 Å². The summed E-state index contributed by atoms with van der Waals surface area (Å²) < 4.78 is 333. The van der Waals surface area contributed by atoms with E-state index in [1.807, 2.05) is 0 Å². The Kier molecular flexibility index (Phi) is 6.28. The smallest absolute Gasteiger partial charge is 0.104 e. The van der Waals surface area contributed by atoms with E-state index in [0.717, 1.165) is 9.13 Å². The average molecular weight is 1180 g/mol. The summed E-state index contributed by atoms with van der Waals surface area (Å²) >= 11 is 0. The van der Waals surface area contributed by atoms with Gasteiger partial charge in [0.25, 0.3) is 0 Å². The van der Waals surface area contributed by atoms with Gasteiger partial charge in [0, 0.05) is 48.7 Å². The Morgan fingerprint density at radius 3 is 0.911 bits per heavy atom. The molecule has 418 valence electrons. The predicted molar refractivity (Wildman–Crippen MR) is 376 cm³/mol. The highest BCUT2D eigenvalue weighted by Crippen LogP contribution is 2.53. The molecule has 0 amide bonds. The fraction of sp³-hybridized carbons (Fsp3) is 0. The first-order chi connectivity index (χ1) is 58.8. The number of para-hydroxylation sites is 4. The molecule has 0 aliphatic carbocycles. The van der Waals surface area contributed by atoms with Crippen LogP contribution in [0.15, 0.2) is 321 Å². The van der Waals surface area contributed by atoms with Gasteiger partial charge in [-0.2, -0.15) is 5.26 Å². The van der Waals surface area contributed by atoms with Crippen LogP contribution in [0.1, 0.15) is 52.2 Å². The second kappa shape index (κ2) is 20.5. The van der Waals surface area contributed by atoms with Gasteiger partial charge in [0.2, 0.25) is 0 Å². The molecule has 0 N–H and O–H groups in total. The van der Waals surface area contributed by atoms with Crippen molar-refractivity contribution in [1.82, 2.24) is 18.3 Å². The lowest BCUT2D eigenvalue weighted by Gasteiger charge is -2.29. The third-order valence-corrected chi connectivity index (χ3v) is 16.2. The van der Waals surface area contributed by atoms with Crippen molar-refractivity contribution in [3.63, 3.8) is 0 Å². The summed E-state index contributed by atoms with van der Waals surface area (Å²) in [5, 5.41) is 12.8. The molecule has 0 saturated heterocycles. The summed E-state index contributed by atoms with van der Waals surface area (Å²) in [4.78, 5) is 0. The molecule has 0 spiro atoms. The van der Waals surface area contributed by atoms with Crippen LogP contribution in [0.5, 0.6) is 0 Å². The Balaban J connectivity index is 1.24. The van der Waals surface area contributed by atoms with E-state index in [2.05, 4.69) is 6.07 Å². The van der Waals surface area contributed by atoms with Crippen molar-refractivity contribution < 1.29 is 46.6 Å². The van der Waals surface area contributed by atoms with E-state index in [1.165, 1.54) is 22.8 Å². The van der Waals surface area contributed by atoms with Crippen LogP contribution in [0.2, 0.25) is 0 Å². The molecular weight excluding hydrogens is 1090 g/mol. The molecule has 5 nitrogen and oxygen atoms in total. The quantitative estimate of drug-likeness (QED) is 0.142. The Morgan fingerprint density at radius 1 is 0.244 bits per heavy atom. The molecule has 14 aromatic carbocycles. The Hall–Kier alpha value is -12.2. The van der Waals surface area contributed by atoms with Crippen molar-refractivity contribution in [3.8, 4) is 84.5 Å². The first kappa shape index (κ1) is 27.6. The third kappa shape index (κ3) is 7.75. The summed E-state index contributed by atoms with van der Waals surface area (Å²) in [6.07, 6.45) is 0. The summed E-state index contributed by atoms with van der Waals surface area (Å²) in [5.41, 5.74) is -12.3. The third-order valence-electron chi connectivity index (χ3n) is 16.2. The van der Waals surface area contributed by atoms with E-state index >= 15 is 0 Å². The van der Waals surface area contributed by atoms with Gasteiger partial charge < -0.3 is 18.3 Å². The zero-order valence-electron chi connectivity index (χ0n) is 80.2. The standard InChI is InChI=1S/C85H53N5/c86-54-72-82(87-73-38-20-16-34-64(73)65-35-17-21-39-74(65)87)84(89-77-46-42-60(55-24-6-1-7-25-55)50-68(77)69-51-61(43-47-78(69)89)56-26-8-2-9-27-56)81(59-32-14-5-15-33-59)85(83(72)88-75-40-22-18-36-66(75)67-37-19-23-41-76(67)88)90-79-48-44-62(57-28-10-3-11-29-57)52-70(79)71-53-63(45-49-80(71)90)58-30-12-4-13-31-58/h1-53H/i1D,2D,3D,4D,5D,6D,7D,8D,9D,10D,11D,12D,13D,14D,15D,24D,25D,26D,27D,28D,29D,30D,31D,32D,33D,42D,43D,44D,46D,47D,48D,50D,51D,52D. The first-order valence-electron chi connectivity index (χ1n) is 45.0. The van der Waals surface area contributed by atoms with Crippen molar-refractivity contribution in [2.45, 2.75) is 0 Å². The number of aromatic nitrogens is 4. The fourth-order valence-corrected chi connectivity index (χ4v) is 12.5. The normalized spacial score (nSPS) is 17.1. The number of nitriles is 1. The van der Waals surface area contributed by atoms with E-state index < -0.39 is 317 Å². The van der Waals surface area contributed by atoms with Gasteiger partial charge in [0.05, 0.1) is 113 Å². The fourth-order valence-electron chi connectivity index (χ4n) is 12.5. The Morgan fingerprint density at radius 2 is 0.544 bits per heavy atom. The first-order valence-corrected chi connectivity index (χ1v) is 28.0. The molecule has 0 unspecified atom stereocenters. The number of rotatable bonds is 9. The molecule has 0 bridgehead atoms. The summed E-state index contributed by atoms with van der Waals surface area (Å²) in [5.74, 6) is 0. The zero-order chi connectivity index (χ0) is 89.0. The maximum atomic E-state index is 13.6. The maximum absolute atomic E-state index is 13.6. The van der Waals surface area contributed by atoms with Gasteiger partial charge >= 0.3 is 0 Å². The summed E-state index contributed by atoms with van der Waals surface area (Å²) in [6, 6.07) is -0.753. The van der Waals surface area contributed by atoms with Gasteiger partial charge in [-0.05, 0) is 123 Å². The monoisotopic (exact) mass is 1180 g/mol. The molecule has 0 fully saturated rings.